The second-order valence-corrected chi connectivity index (χ2v) is 9.55. The fourth-order valence-electron chi connectivity index (χ4n) is 3.63. The molecule has 1 heterocycles. The summed E-state index contributed by atoms with van der Waals surface area (Å²) in [6.45, 7) is 0. The molecule has 0 spiro atoms. The van der Waals surface area contributed by atoms with Crippen molar-refractivity contribution in [3.05, 3.63) is 66.9 Å². The standard InChI is InChI=1S/C21H17Cl2F2N5O7S/c1-36-14-3-2-10(8-13(14)30(38(34)35)21(4-5-21)19(26)32)37-16-11(22)6-9(7-12(16)23)29-20(33)27-18(31)15(28-29)17(24)25/h2-3,6-8,17H,4-5H2,1H3,(H2,26,32)(H,34,35)(H,27,31,33)/p-1. The summed E-state index contributed by atoms with van der Waals surface area (Å²) in [5.41, 5.74) is 0.160. The largest absolute Gasteiger partial charge is 0.755 e. The first-order valence-corrected chi connectivity index (χ1v) is 12.2. The number of benzene rings is 2. The van der Waals surface area contributed by atoms with E-state index < -0.39 is 46.1 Å². The van der Waals surface area contributed by atoms with Crippen molar-refractivity contribution in [3.8, 4) is 22.9 Å². The van der Waals surface area contributed by atoms with Crippen molar-refractivity contribution in [2.75, 3.05) is 11.4 Å². The highest BCUT2D eigenvalue weighted by Gasteiger charge is 2.55. The van der Waals surface area contributed by atoms with E-state index in [1.54, 1.807) is 4.98 Å². The smallest absolute Gasteiger partial charge is 0.349 e. The molecule has 1 aliphatic carbocycles. The highest BCUT2D eigenvalue weighted by molar-refractivity contribution is 7.80. The Morgan fingerprint density at radius 3 is 2.39 bits per heavy atom. The van der Waals surface area contributed by atoms with Crippen LogP contribution in [-0.4, -0.2) is 42.1 Å². The number of ether oxygens (including phenoxy) is 2. The SMILES string of the molecule is COc1ccc(Oc2c(Cl)cc(-n3nc(C(F)F)c(=O)[nH]c3=O)cc2Cl)cc1N(S(=O)[O-])C1(C(N)=O)CC1. The van der Waals surface area contributed by atoms with Gasteiger partial charge in [0.05, 0.1) is 28.5 Å². The molecule has 1 aromatic heterocycles. The quantitative estimate of drug-likeness (QED) is 0.358. The number of nitrogens with two attached hydrogens (primary N) is 1. The lowest BCUT2D eigenvalue weighted by Crippen LogP contribution is -2.48. The molecule has 0 saturated heterocycles. The minimum absolute atomic E-state index is 0.0207. The minimum atomic E-state index is -3.25. The molecule has 38 heavy (non-hydrogen) atoms. The lowest BCUT2D eigenvalue weighted by atomic mass is 10.2. The fraction of sp³-hybridized carbons (Fsp3) is 0.238. The van der Waals surface area contributed by atoms with Crippen molar-refractivity contribution >= 4 is 46.1 Å². The van der Waals surface area contributed by atoms with Crippen molar-refractivity contribution in [3.63, 3.8) is 0 Å². The number of nitrogens with one attached hydrogen (secondary N) is 1. The highest BCUT2D eigenvalue weighted by Crippen LogP contribution is 2.48. The van der Waals surface area contributed by atoms with Gasteiger partial charge in [0.25, 0.3) is 12.0 Å². The van der Waals surface area contributed by atoms with Crippen LogP contribution in [0.25, 0.3) is 5.69 Å². The number of hydrogen-bond acceptors (Lipinski definition) is 8. The summed E-state index contributed by atoms with van der Waals surface area (Å²) >= 11 is 9.66. The van der Waals surface area contributed by atoms with Gasteiger partial charge in [0.15, 0.2) is 11.4 Å². The van der Waals surface area contributed by atoms with E-state index in [0.717, 1.165) is 16.4 Å². The Kier molecular flexibility index (Phi) is 7.47. The number of aromatic amines is 1. The molecular formula is C21H16Cl2F2N5O7S-. The van der Waals surface area contributed by atoms with E-state index >= 15 is 0 Å². The van der Waals surface area contributed by atoms with Gasteiger partial charge in [-0.25, -0.2) is 13.6 Å². The Labute approximate surface area is 224 Å². The van der Waals surface area contributed by atoms with Crippen molar-refractivity contribution in [2.24, 2.45) is 5.73 Å². The van der Waals surface area contributed by atoms with Crippen LogP contribution in [0.15, 0.2) is 39.9 Å². The normalized spacial score (nSPS) is 14.7. The van der Waals surface area contributed by atoms with Gasteiger partial charge in [0, 0.05) is 17.3 Å². The number of H-pyrrole nitrogens is 1. The van der Waals surface area contributed by atoms with Gasteiger partial charge in [0.1, 0.15) is 17.0 Å². The summed E-state index contributed by atoms with van der Waals surface area (Å²) in [4.78, 5) is 37.5. The summed E-state index contributed by atoms with van der Waals surface area (Å²) in [5.74, 6) is -0.865. The molecular weight excluding hydrogens is 575 g/mol. The van der Waals surface area contributed by atoms with Gasteiger partial charge in [-0.3, -0.25) is 23.1 Å². The third kappa shape index (κ3) is 4.97. The number of aromatic nitrogens is 3. The molecule has 4 rings (SSSR count). The van der Waals surface area contributed by atoms with Crippen molar-refractivity contribution in [1.82, 2.24) is 14.8 Å². The van der Waals surface area contributed by atoms with Gasteiger partial charge in [-0.2, -0.15) is 9.78 Å². The molecule has 12 nitrogen and oxygen atoms in total. The van der Waals surface area contributed by atoms with Gasteiger partial charge in [-0.1, -0.05) is 23.2 Å². The van der Waals surface area contributed by atoms with Gasteiger partial charge >= 0.3 is 5.69 Å². The van der Waals surface area contributed by atoms with Crippen LogP contribution in [0.4, 0.5) is 14.5 Å². The number of carbonyl (C=O) groups is 1. The predicted molar refractivity (Wildman–Crippen MR) is 131 cm³/mol. The molecule has 1 unspecified atom stereocenters. The average Bonchev–Trinajstić information content (AvgIpc) is 3.63. The molecule has 0 radical (unpaired) electrons. The van der Waals surface area contributed by atoms with E-state index in [1.807, 2.05) is 0 Å². The number of alkyl halides is 2. The third-order valence-electron chi connectivity index (χ3n) is 5.60. The molecule has 1 saturated carbocycles. The zero-order chi connectivity index (χ0) is 27.9. The van der Waals surface area contributed by atoms with Gasteiger partial charge in [-0.05, 0) is 37.1 Å². The summed E-state index contributed by atoms with van der Waals surface area (Å²) in [6.07, 6.45) is -2.85. The van der Waals surface area contributed by atoms with Gasteiger partial charge < -0.3 is 19.8 Å². The fourth-order valence-corrected chi connectivity index (χ4v) is 5.04. The predicted octanol–water partition coefficient (Wildman–Crippen LogP) is 2.58. The lowest BCUT2D eigenvalue weighted by molar-refractivity contribution is -0.119. The zero-order valence-electron chi connectivity index (χ0n) is 19.1. The number of hydrogen-bond donors (Lipinski definition) is 2. The van der Waals surface area contributed by atoms with E-state index in [4.69, 9.17) is 38.4 Å². The first kappa shape index (κ1) is 27.5. The van der Waals surface area contributed by atoms with Crippen LogP contribution in [0.5, 0.6) is 17.2 Å². The van der Waals surface area contributed by atoms with Gasteiger partial charge in [-0.15, -0.1) is 0 Å². The minimum Gasteiger partial charge on any atom is -0.755 e. The van der Waals surface area contributed by atoms with E-state index in [-0.39, 0.29) is 51.5 Å². The summed E-state index contributed by atoms with van der Waals surface area (Å²) in [7, 11) is 1.30. The Morgan fingerprint density at radius 1 is 1.26 bits per heavy atom. The maximum atomic E-state index is 13.1. The maximum Gasteiger partial charge on any atom is 0.349 e. The van der Waals surface area contributed by atoms with E-state index in [0.29, 0.717) is 4.68 Å². The third-order valence-corrected chi connectivity index (χ3v) is 7.00. The molecule has 2 aromatic carbocycles. The molecule has 1 amide bonds. The molecule has 1 fully saturated rings. The van der Waals surface area contributed by atoms with E-state index in [9.17, 15) is 31.9 Å². The molecule has 1 atom stereocenters. The number of amides is 1. The van der Waals surface area contributed by atoms with Crippen LogP contribution in [-0.2, 0) is 16.1 Å². The summed E-state index contributed by atoms with van der Waals surface area (Å²) < 4.78 is 62.7. The number of halogens is 4. The molecule has 0 bridgehead atoms. The molecule has 3 N–H and O–H groups in total. The number of nitrogens with zero attached hydrogens (tertiary/aromatic N) is 3. The second-order valence-electron chi connectivity index (χ2n) is 7.94. The average molecular weight is 591 g/mol. The molecule has 17 heteroatoms. The lowest BCUT2D eigenvalue weighted by Gasteiger charge is -2.34. The van der Waals surface area contributed by atoms with Crippen LogP contribution < -0.4 is 30.8 Å². The number of methoxy groups -OCH3 is 1. The Balaban J connectivity index is 1.74. The molecule has 1 aliphatic rings. The van der Waals surface area contributed by atoms with Crippen molar-refractivity contribution in [1.29, 1.82) is 0 Å². The Hall–Kier alpha value is -3.53. The van der Waals surface area contributed by atoms with E-state index in [1.165, 1.54) is 25.3 Å². The van der Waals surface area contributed by atoms with E-state index in [2.05, 4.69) is 5.10 Å². The maximum absolute atomic E-state index is 13.1. The highest BCUT2D eigenvalue weighted by atomic mass is 35.5. The number of carbonyl (C=O) groups excluding carboxylic acids is 1. The Bertz CT molecular complexity index is 1560. The first-order valence-electron chi connectivity index (χ1n) is 10.5. The second kappa shape index (κ2) is 10.3. The molecule has 202 valence electrons. The monoisotopic (exact) mass is 590 g/mol. The van der Waals surface area contributed by atoms with Crippen LogP contribution in [0.2, 0.25) is 10.0 Å². The van der Waals surface area contributed by atoms with Crippen molar-refractivity contribution in [2.45, 2.75) is 24.8 Å². The van der Waals surface area contributed by atoms with Crippen LogP contribution in [0.3, 0.4) is 0 Å². The number of rotatable bonds is 9. The number of anilines is 1. The van der Waals surface area contributed by atoms with Crippen LogP contribution in [0, 0.1) is 0 Å². The van der Waals surface area contributed by atoms with Crippen LogP contribution >= 0.6 is 23.2 Å². The zero-order valence-corrected chi connectivity index (χ0v) is 21.4. The topological polar surface area (TPSA) is 173 Å². The first-order chi connectivity index (χ1) is 17.9. The summed E-state index contributed by atoms with van der Waals surface area (Å²) in [5, 5.41) is 3.00. The van der Waals surface area contributed by atoms with Crippen LogP contribution in [0.1, 0.15) is 25.0 Å². The molecule has 0 aliphatic heterocycles. The van der Waals surface area contributed by atoms with Gasteiger partial charge in [0.2, 0.25) is 5.91 Å². The van der Waals surface area contributed by atoms with Crippen molar-refractivity contribution < 1.29 is 31.8 Å². The summed E-state index contributed by atoms with van der Waals surface area (Å²) in [6, 6.07) is 6.30. The Morgan fingerprint density at radius 2 is 1.89 bits per heavy atom. The molecule has 3 aromatic rings. The number of primary amides is 1.